The molecule has 0 radical (unpaired) electrons. The Morgan fingerprint density at radius 1 is 1.64 bits per heavy atom. The van der Waals surface area contributed by atoms with Gasteiger partial charge in [0.25, 0.3) is 0 Å². The Morgan fingerprint density at radius 2 is 2.43 bits per heavy atom. The molecule has 0 bridgehead atoms. The molecule has 1 heterocycles. The van der Waals surface area contributed by atoms with E-state index in [0.29, 0.717) is 5.78 Å². The molecule has 1 saturated carbocycles. The van der Waals surface area contributed by atoms with Crippen LogP contribution in [-0.2, 0) is 18.3 Å². The van der Waals surface area contributed by atoms with Crippen LogP contribution in [0.15, 0.2) is 12.4 Å². The molecule has 2 rings (SSSR count). The van der Waals surface area contributed by atoms with Crippen LogP contribution >= 0.6 is 0 Å². The fourth-order valence-corrected chi connectivity index (χ4v) is 2.30. The Balaban J connectivity index is 2.07. The first-order chi connectivity index (χ1) is 6.57. The summed E-state index contributed by atoms with van der Waals surface area (Å²) < 4.78 is 1.81. The molecule has 1 aliphatic rings. The monoisotopic (exact) mass is 192 g/mol. The van der Waals surface area contributed by atoms with Gasteiger partial charge in [0.15, 0.2) is 0 Å². The van der Waals surface area contributed by atoms with E-state index in [-0.39, 0.29) is 5.41 Å². The van der Waals surface area contributed by atoms with Crippen LogP contribution in [0.4, 0.5) is 0 Å². The lowest BCUT2D eigenvalue weighted by Crippen LogP contribution is -2.15. The van der Waals surface area contributed by atoms with Crippen molar-refractivity contribution in [3.63, 3.8) is 0 Å². The van der Waals surface area contributed by atoms with Gasteiger partial charge in [0.05, 0.1) is 6.20 Å². The summed E-state index contributed by atoms with van der Waals surface area (Å²) >= 11 is 0. The summed E-state index contributed by atoms with van der Waals surface area (Å²) in [6, 6.07) is 0. The van der Waals surface area contributed by atoms with E-state index in [2.05, 4.69) is 12.0 Å². The standard InChI is InChI=1S/C11H16N2O/c1-11(4-3-10(14)6-11)5-9-7-12-13(2)8-9/h7-8H,3-6H2,1-2H3. The van der Waals surface area contributed by atoms with Crippen LogP contribution in [0.3, 0.4) is 0 Å². The van der Waals surface area contributed by atoms with Gasteiger partial charge in [-0.15, -0.1) is 0 Å². The molecule has 0 saturated heterocycles. The fraction of sp³-hybridized carbons (Fsp3) is 0.636. The number of aromatic nitrogens is 2. The number of Topliss-reactive ketones (excluding diaryl/α,β-unsaturated/α-hetero) is 1. The van der Waals surface area contributed by atoms with E-state index in [0.717, 1.165) is 25.7 Å². The van der Waals surface area contributed by atoms with E-state index < -0.39 is 0 Å². The maximum atomic E-state index is 11.2. The van der Waals surface area contributed by atoms with Gasteiger partial charge >= 0.3 is 0 Å². The third kappa shape index (κ3) is 1.86. The Bertz CT molecular complexity index is 356. The number of carbonyl (C=O) groups excluding carboxylic acids is 1. The van der Waals surface area contributed by atoms with Crippen molar-refractivity contribution >= 4 is 5.78 Å². The highest BCUT2D eigenvalue weighted by atomic mass is 16.1. The lowest BCUT2D eigenvalue weighted by Gasteiger charge is -2.21. The molecular formula is C11H16N2O. The topological polar surface area (TPSA) is 34.9 Å². The maximum absolute atomic E-state index is 11.2. The van der Waals surface area contributed by atoms with Crippen LogP contribution in [0, 0.1) is 5.41 Å². The van der Waals surface area contributed by atoms with Crippen molar-refractivity contribution in [2.75, 3.05) is 0 Å². The van der Waals surface area contributed by atoms with Crippen molar-refractivity contribution in [3.8, 4) is 0 Å². The number of carbonyl (C=O) groups is 1. The van der Waals surface area contributed by atoms with Gasteiger partial charge in [-0.2, -0.15) is 5.10 Å². The Hall–Kier alpha value is -1.12. The van der Waals surface area contributed by atoms with E-state index >= 15 is 0 Å². The van der Waals surface area contributed by atoms with Crippen molar-refractivity contribution in [1.82, 2.24) is 9.78 Å². The minimum Gasteiger partial charge on any atom is -0.300 e. The van der Waals surface area contributed by atoms with Gasteiger partial charge < -0.3 is 0 Å². The Morgan fingerprint density at radius 3 is 2.93 bits per heavy atom. The molecule has 0 amide bonds. The number of hydrogen-bond donors (Lipinski definition) is 0. The molecule has 0 spiro atoms. The van der Waals surface area contributed by atoms with Crippen molar-refractivity contribution in [1.29, 1.82) is 0 Å². The van der Waals surface area contributed by atoms with Crippen LogP contribution in [0.2, 0.25) is 0 Å². The predicted octanol–water partition coefficient (Wildman–Crippen LogP) is 1.72. The maximum Gasteiger partial charge on any atom is 0.133 e. The van der Waals surface area contributed by atoms with Gasteiger partial charge in [0.2, 0.25) is 0 Å². The molecule has 1 unspecified atom stereocenters. The number of aryl methyl sites for hydroxylation is 1. The number of hydrogen-bond acceptors (Lipinski definition) is 2. The minimum atomic E-state index is 0.181. The lowest BCUT2D eigenvalue weighted by atomic mass is 9.83. The van der Waals surface area contributed by atoms with Crippen LogP contribution < -0.4 is 0 Å². The lowest BCUT2D eigenvalue weighted by molar-refractivity contribution is -0.117. The zero-order valence-electron chi connectivity index (χ0n) is 8.79. The fourth-order valence-electron chi connectivity index (χ4n) is 2.30. The highest BCUT2D eigenvalue weighted by Crippen LogP contribution is 2.38. The SMILES string of the molecule is Cn1cc(CC2(C)CCC(=O)C2)cn1. The molecule has 3 nitrogen and oxygen atoms in total. The minimum absolute atomic E-state index is 0.181. The summed E-state index contributed by atoms with van der Waals surface area (Å²) in [5.41, 5.74) is 1.42. The predicted molar refractivity (Wildman–Crippen MR) is 53.9 cm³/mol. The first kappa shape index (κ1) is 9.44. The van der Waals surface area contributed by atoms with Crippen LogP contribution in [0.25, 0.3) is 0 Å². The number of nitrogens with zero attached hydrogens (tertiary/aromatic N) is 2. The van der Waals surface area contributed by atoms with Gasteiger partial charge in [-0.25, -0.2) is 0 Å². The highest BCUT2D eigenvalue weighted by Gasteiger charge is 2.34. The summed E-state index contributed by atoms with van der Waals surface area (Å²) in [5.74, 6) is 0.413. The molecule has 1 aromatic heterocycles. The van der Waals surface area contributed by atoms with Gasteiger partial charge in [-0.3, -0.25) is 9.48 Å². The molecule has 1 atom stereocenters. The average molecular weight is 192 g/mol. The molecule has 76 valence electrons. The van der Waals surface area contributed by atoms with Crippen LogP contribution in [0.1, 0.15) is 31.7 Å². The van der Waals surface area contributed by atoms with E-state index in [9.17, 15) is 4.79 Å². The second kappa shape index (κ2) is 3.23. The third-order valence-corrected chi connectivity index (χ3v) is 3.02. The van der Waals surface area contributed by atoms with Crippen LogP contribution in [-0.4, -0.2) is 15.6 Å². The van der Waals surface area contributed by atoms with E-state index in [4.69, 9.17) is 0 Å². The summed E-state index contributed by atoms with van der Waals surface area (Å²) in [4.78, 5) is 11.2. The summed E-state index contributed by atoms with van der Waals surface area (Å²) in [5, 5.41) is 4.14. The number of rotatable bonds is 2. The zero-order valence-corrected chi connectivity index (χ0v) is 8.79. The first-order valence-electron chi connectivity index (χ1n) is 5.07. The average Bonchev–Trinajstić information content (AvgIpc) is 2.60. The molecule has 0 aromatic carbocycles. The molecule has 1 aromatic rings. The normalized spacial score (nSPS) is 27.1. The number of ketones is 1. The largest absolute Gasteiger partial charge is 0.300 e. The summed E-state index contributed by atoms with van der Waals surface area (Å²) in [7, 11) is 1.92. The van der Waals surface area contributed by atoms with Gasteiger partial charge in [-0.1, -0.05) is 6.92 Å². The van der Waals surface area contributed by atoms with Gasteiger partial charge in [0, 0.05) is 26.1 Å². The molecule has 0 N–H and O–H groups in total. The van der Waals surface area contributed by atoms with E-state index in [1.54, 1.807) is 0 Å². The van der Waals surface area contributed by atoms with Crippen molar-refractivity contribution in [2.45, 2.75) is 32.6 Å². The van der Waals surface area contributed by atoms with E-state index in [1.807, 2.05) is 24.1 Å². The smallest absolute Gasteiger partial charge is 0.133 e. The molecular weight excluding hydrogens is 176 g/mol. The second-order valence-corrected chi connectivity index (χ2v) is 4.73. The molecule has 1 fully saturated rings. The Kier molecular flexibility index (Phi) is 2.17. The van der Waals surface area contributed by atoms with E-state index in [1.165, 1.54) is 5.56 Å². The summed E-state index contributed by atoms with van der Waals surface area (Å²) in [6.07, 6.45) is 7.44. The molecule has 14 heavy (non-hydrogen) atoms. The second-order valence-electron chi connectivity index (χ2n) is 4.73. The van der Waals surface area contributed by atoms with Crippen molar-refractivity contribution in [2.24, 2.45) is 12.5 Å². The zero-order chi connectivity index (χ0) is 10.2. The highest BCUT2D eigenvalue weighted by molar-refractivity contribution is 5.81. The molecule has 3 heteroatoms. The van der Waals surface area contributed by atoms with Gasteiger partial charge in [0.1, 0.15) is 5.78 Å². The van der Waals surface area contributed by atoms with Crippen molar-refractivity contribution < 1.29 is 4.79 Å². The quantitative estimate of drug-likeness (QED) is 0.715. The molecule has 1 aliphatic carbocycles. The Labute approximate surface area is 84.1 Å². The third-order valence-electron chi connectivity index (χ3n) is 3.02. The van der Waals surface area contributed by atoms with Crippen molar-refractivity contribution in [3.05, 3.63) is 18.0 Å². The summed E-state index contributed by atoms with van der Waals surface area (Å²) in [6.45, 7) is 2.20. The molecule has 0 aliphatic heterocycles. The first-order valence-corrected chi connectivity index (χ1v) is 5.07. The van der Waals surface area contributed by atoms with Gasteiger partial charge in [-0.05, 0) is 23.8 Å². The van der Waals surface area contributed by atoms with Crippen LogP contribution in [0.5, 0.6) is 0 Å².